The van der Waals surface area contributed by atoms with Crippen molar-refractivity contribution in [2.75, 3.05) is 7.11 Å². The largest absolute Gasteiger partial charge is 0.465 e. The van der Waals surface area contributed by atoms with E-state index in [0.29, 0.717) is 28.1 Å². The van der Waals surface area contributed by atoms with Crippen LogP contribution in [0.1, 0.15) is 10.4 Å². The zero-order valence-corrected chi connectivity index (χ0v) is 12.6. The van der Waals surface area contributed by atoms with Gasteiger partial charge in [-0.05, 0) is 6.07 Å². The van der Waals surface area contributed by atoms with Crippen molar-refractivity contribution in [3.05, 3.63) is 70.3 Å². The summed E-state index contributed by atoms with van der Waals surface area (Å²) in [5.74, 6) is -0.112. The molecule has 7 heteroatoms. The number of rotatable bonds is 4. The third kappa shape index (κ3) is 2.87. The molecular weight excluding hydrogens is 312 g/mol. The Morgan fingerprint density at radius 1 is 1.17 bits per heavy atom. The van der Waals surface area contributed by atoms with Crippen molar-refractivity contribution in [3.8, 4) is 22.6 Å². The SMILES string of the molecule is COC(=O)c1ccccc1-c1cc(-c2cccc([N+](=O)[O-])c2)on1. The van der Waals surface area contributed by atoms with Gasteiger partial charge in [-0.3, -0.25) is 10.1 Å². The fourth-order valence-corrected chi connectivity index (χ4v) is 2.31. The highest BCUT2D eigenvalue weighted by atomic mass is 16.6. The minimum atomic E-state index is -0.481. The summed E-state index contributed by atoms with van der Waals surface area (Å²) in [4.78, 5) is 22.2. The van der Waals surface area contributed by atoms with Crippen LogP contribution in [0.15, 0.2) is 59.1 Å². The average Bonchev–Trinajstić information content (AvgIpc) is 3.11. The highest BCUT2D eigenvalue weighted by Gasteiger charge is 2.17. The molecule has 24 heavy (non-hydrogen) atoms. The van der Waals surface area contributed by atoms with E-state index in [0.717, 1.165) is 0 Å². The summed E-state index contributed by atoms with van der Waals surface area (Å²) < 4.78 is 10.0. The Kier molecular flexibility index (Phi) is 4.07. The van der Waals surface area contributed by atoms with E-state index in [1.165, 1.54) is 19.2 Å². The van der Waals surface area contributed by atoms with E-state index in [2.05, 4.69) is 5.16 Å². The minimum Gasteiger partial charge on any atom is -0.465 e. The van der Waals surface area contributed by atoms with Crippen molar-refractivity contribution in [1.29, 1.82) is 0 Å². The predicted octanol–water partition coefficient (Wildman–Crippen LogP) is 3.70. The van der Waals surface area contributed by atoms with Gasteiger partial charge in [0.2, 0.25) is 0 Å². The first-order valence-corrected chi connectivity index (χ1v) is 6.99. The summed E-state index contributed by atoms with van der Waals surface area (Å²) in [5.41, 5.74) is 1.85. The molecule has 0 aliphatic rings. The molecule has 0 saturated heterocycles. The second-order valence-electron chi connectivity index (χ2n) is 4.92. The zero-order valence-electron chi connectivity index (χ0n) is 12.6. The number of nitro groups is 1. The van der Waals surface area contributed by atoms with Crippen LogP contribution in [-0.2, 0) is 4.74 Å². The van der Waals surface area contributed by atoms with Gasteiger partial charge in [-0.1, -0.05) is 35.5 Å². The number of nitro benzene ring substituents is 1. The first-order chi connectivity index (χ1) is 11.6. The lowest BCUT2D eigenvalue weighted by molar-refractivity contribution is -0.384. The van der Waals surface area contributed by atoms with Crippen LogP contribution in [0.25, 0.3) is 22.6 Å². The van der Waals surface area contributed by atoms with Crippen LogP contribution in [0.3, 0.4) is 0 Å². The van der Waals surface area contributed by atoms with Gasteiger partial charge in [0.15, 0.2) is 5.76 Å². The predicted molar refractivity (Wildman–Crippen MR) is 85.4 cm³/mol. The molecule has 0 bridgehead atoms. The van der Waals surface area contributed by atoms with Crippen molar-refractivity contribution in [2.45, 2.75) is 0 Å². The van der Waals surface area contributed by atoms with Crippen LogP contribution in [0, 0.1) is 10.1 Å². The molecule has 0 spiro atoms. The van der Waals surface area contributed by atoms with Crippen molar-refractivity contribution in [1.82, 2.24) is 5.16 Å². The molecule has 0 amide bonds. The van der Waals surface area contributed by atoms with Crippen LogP contribution in [0.2, 0.25) is 0 Å². The second kappa shape index (κ2) is 6.33. The quantitative estimate of drug-likeness (QED) is 0.412. The third-order valence-electron chi connectivity index (χ3n) is 3.46. The first kappa shape index (κ1) is 15.4. The number of carbonyl (C=O) groups is 1. The van der Waals surface area contributed by atoms with E-state index in [1.807, 2.05) is 0 Å². The maximum absolute atomic E-state index is 11.8. The number of hydrogen-bond donors (Lipinski definition) is 0. The molecule has 1 heterocycles. The Morgan fingerprint density at radius 3 is 2.71 bits per heavy atom. The molecule has 3 aromatic rings. The molecule has 120 valence electrons. The molecular formula is C17H12N2O5. The van der Waals surface area contributed by atoms with Crippen molar-refractivity contribution in [3.63, 3.8) is 0 Å². The number of esters is 1. The molecule has 3 rings (SSSR count). The summed E-state index contributed by atoms with van der Waals surface area (Å²) >= 11 is 0. The number of hydrogen-bond acceptors (Lipinski definition) is 6. The Hall–Kier alpha value is -3.48. The monoisotopic (exact) mass is 324 g/mol. The lowest BCUT2D eigenvalue weighted by atomic mass is 10.0. The second-order valence-corrected chi connectivity index (χ2v) is 4.92. The van der Waals surface area contributed by atoms with Gasteiger partial charge in [-0.2, -0.15) is 0 Å². The maximum atomic E-state index is 11.8. The summed E-state index contributed by atoms with van der Waals surface area (Å²) in [6.45, 7) is 0. The molecule has 0 aliphatic carbocycles. The molecule has 0 unspecified atom stereocenters. The number of carbonyl (C=O) groups excluding carboxylic acids is 1. The zero-order chi connectivity index (χ0) is 17.1. The summed E-state index contributed by atoms with van der Waals surface area (Å²) in [6, 6.07) is 14.5. The van der Waals surface area contributed by atoms with Gasteiger partial charge in [0, 0.05) is 29.3 Å². The molecule has 7 nitrogen and oxygen atoms in total. The first-order valence-electron chi connectivity index (χ1n) is 6.99. The van der Waals surface area contributed by atoms with Gasteiger partial charge in [-0.15, -0.1) is 0 Å². The van der Waals surface area contributed by atoms with Crippen LogP contribution >= 0.6 is 0 Å². The average molecular weight is 324 g/mol. The van der Waals surface area contributed by atoms with Gasteiger partial charge in [0.1, 0.15) is 5.69 Å². The Balaban J connectivity index is 2.02. The van der Waals surface area contributed by atoms with Gasteiger partial charge < -0.3 is 9.26 Å². The molecule has 0 atom stereocenters. The third-order valence-corrected chi connectivity index (χ3v) is 3.46. The Morgan fingerprint density at radius 2 is 1.96 bits per heavy atom. The van der Waals surface area contributed by atoms with Crippen LogP contribution in [0.5, 0.6) is 0 Å². The molecule has 0 radical (unpaired) electrons. The lowest BCUT2D eigenvalue weighted by Crippen LogP contribution is -2.03. The fraction of sp³-hybridized carbons (Fsp3) is 0.0588. The van der Waals surface area contributed by atoms with Gasteiger partial charge >= 0.3 is 5.97 Å². The van der Waals surface area contributed by atoms with E-state index >= 15 is 0 Å². The van der Waals surface area contributed by atoms with E-state index in [4.69, 9.17) is 9.26 Å². The van der Waals surface area contributed by atoms with Crippen LogP contribution in [0.4, 0.5) is 5.69 Å². The number of aromatic nitrogens is 1. The van der Waals surface area contributed by atoms with Gasteiger partial charge in [0.25, 0.3) is 5.69 Å². The van der Waals surface area contributed by atoms with Crippen molar-refractivity contribution < 1.29 is 19.0 Å². The van der Waals surface area contributed by atoms with Crippen LogP contribution < -0.4 is 0 Å². The fourth-order valence-electron chi connectivity index (χ4n) is 2.31. The molecule has 0 fully saturated rings. The van der Waals surface area contributed by atoms with E-state index in [-0.39, 0.29) is 5.69 Å². The van der Waals surface area contributed by atoms with Crippen LogP contribution in [-0.4, -0.2) is 23.2 Å². The summed E-state index contributed by atoms with van der Waals surface area (Å²) in [7, 11) is 1.30. The number of benzene rings is 2. The van der Waals surface area contributed by atoms with Crippen molar-refractivity contribution >= 4 is 11.7 Å². The van der Waals surface area contributed by atoms with Crippen molar-refractivity contribution in [2.24, 2.45) is 0 Å². The van der Waals surface area contributed by atoms with E-state index < -0.39 is 10.9 Å². The normalized spacial score (nSPS) is 10.4. The summed E-state index contributed by atoms with van der Waals surface area (Å²) in [5, 5.41) is 14.8. The summed E-state index contributed by atoms with van der Waals surface area (Å²) in [6.07, 6.45) is 0. The van der Waals surface area contributed by atoms with E-state index in [1.54, 1.807) is 42.5 Å². The Labute approximate surface area is 136 Å². The lowest BCUT2D eigenvalue weighted by Gasteiger charge is -2.03. The molecule has 2 aromatic carbocycles. The van der Waals surface area contributed by atoms with Gasteiger partial charge in [-0.25, -0.2) is 4.79 Å². The number of ether oxygens (including phenoxy) is 1. The number of nitrogens with zero attached hydrogens (tertiary/aromatic N) is 2. The standard InChI is InChI=1S/C17H12N2O5/c1-23-17(20)14-8-3-2-7-13(14)15-10-16(24-18-15)11-5-4-6-12(9-11)19(21)22/h2-10H,1H3. The Bertz CT molecular complexity index is 917. The number of non-ortho nitro benzene ring substituents is 1. The van der Waals surface area contributed by atoms with E-state index in [9.17, 15) is 14.9 Å². The minimum absolute atomic E-state index is 0.0413. The molecule has 0 saturated carbocycles. The number of methoxy groups -OCH3 is 1. The highest BCUT2D eigenvalue weighted by molar-refractivity contribution is 5.96. The molecule has 0 N–H and O–H groups in total. The topological polar surface area (TPSA) is 95.5 Å². The molecule has 0 aliphatic heterocycles. The van der Waals surface area contributed by atoms with Gasteiger partial charge in [0.05, 0.1) is 17.6 Å². The smallest absolute Gasteiger partial charge is 0.338 e. The maximum Gasteiger partial charge on any atom is 0.338 e. The molecule has 1 aromatic heterocycles. The highest BCUT2D eigenvalue weighted by Crippen LogP contribution is 2.30.